The lowest BCUT2D eigenvalue weighted by Gasteiger charge is -2.08. The number of hydrogen-bond acceptors (Lipinski definition) is 3. The molecule has 0 fully saturated rings. The molecule has 2 N–H and O–H groups in total. The number of aryl methyl sites for hydroxylation is 1. The fraction of sp³-hybridized carbons (Fsp3) is 0.143. The summed E-state index contributed by atoms with van der Waals surface area (Å²) in [4.78, 5) is 23.5. The monoisotopic (exact) mass is 414 g/mol. The summed E-state index contributed by atoms with van der Waals surface area (Å²) in [6.07, 6.45) is 0. The van der Waals surface area contributed by atoms with Gasteiger partial charge in [-0.1, -0.05) is 6.07 Å². The van der Waals surface area contributed by atoms with Crippen LogP contribution < -0.4 is 10.6 Å². The van der Waals surface area contributed by atoms with E-state index in [-0.39, 0.29) is 18.2 Å². The maximum absolute atomic E-state index is 11.8. The van der Waals surface area contributed by atoms with Crippen LogP contribution in [0, 0.1) is 6.92 Å². The Morgan fingerprint density at radius 3 is 2.57 bits per heavy atom. The van der Waals surface area contributed by atoms with Gasteiger partial charge in [-0.05, 0) is 68.6 Å². The Hall–Kier alpha value is -1.60. The van der Waals surface area contributed by atoms with Crippen molar-refractivity contribution in [2.45, 2.75) is 6.92 Å². The van der Waals surface area contributed by atoms with Crippen LogP contribution >= 0.6 is 31.9 Å². The van der Waals surface area contributed by atoms with Gasteiger partial charge < -0.3 is 15.1 Å². The second-order valence-electron chi connectivity index (χ2n) is 4.32. The molecule has 5 nitrogen and oxygen atoms in total. The van der Waals surface area contributed by atoms with Gasteiger partial charge in [0.05, 0.1) is 12.2 Å². The van der Waals surface area contributed by atoms with Gasteiger partial charge in [0, 0.05) is 4.47 Å². The maximum atomic E-state index is 11.8. The van der Waals surface area contributed by atoms with Crippen molar-refractivity contribution in [3.63, 3.8) is 0 Å². The maximum Gasteiger partial charge on any atom is 0.287 e. The molecule has 7 heteroatoms. The van der Waals surface area contributed by atoms with Crippen LogP contribution in [0.25, 0.3) is 0 Å². The van der Waals surface area contributed by atoms with Gasteiger partial charge in [0.15, 0.2) is 10.4 Å². The first-order chi connectivity index (χ1) is 9.95. The molecule has 0 bridgehead atoms. The molecule has 0 saturated carbocycles. The molecular weight excluding hydrogens is 404 g/mol. The topological polar surface area (TPSA) is 71.3 Å². The summed E-state index contributed by atoms with van der Waals surface area (Å²) in [6, 6.07) is 8.71. The van der Waals surface area contributed by atoms with Crippen molar-refractivity contribution in [1.29, 1.82) is 0 Å². The predicted molar refractivity (Wildman–Crippen MR) is 86.2 cm³/mol. The van der Waals surface area contributed by atoms with E-state index in [4.69, 9.17) is 4.42 Å². The van der Waals surface area contributed by atoms with E-state index in [1.165, 1.54) is 6.07 Å². The SMILES string of the molecule is Cc1ccc(NC(=O)CNC(=O)c2ccc(Br)o2)c(Br)c1. The Morgan fingerprint density at radius 1 is 1.19 bits per heavy atom. The second kappa shape index (κ2) is 6.91. The van der Waals surface area contributed by atoms with Gasteiger partial charge in [-0.3, -0.25) is 9.59 Å². The zero-order chi connectivity index (χ0) is 15.4. The molecule has 0 unspecified atom stereocenters. The number of carbonyl (C=O) groups excluding carboxylic acids is 2. The lowest BCUT2D eigenvalue weighted by Crippen LogP contribution is -2.32. The minimum atomic E-state index is -0.446. The summed E-state index contributed by atoms with van der Waals surface area (Å²) in [5.41, 5.74) is 1.73. The molecule has 2 amide bonds. The summed E-state index contributed by atoms with van der Waals surface area (Å²) in [5, 5.41) is 5.19. The third-order valence-electron chi connectivity index (χ3n) is 2.61. The molecule has 0 radical (unpaired) electrons. The van der Waals surface area contributed by atoms with E-state index in [2.05, 4.69) is 42.5 Å². The molecule has 1 aromatic heterocycles. The van der Waals surface area contributed by atoms with Crippen LogP contribution in [0.3, 0.4) is 0 Å². The molecule has 1 aromatic carbocycles. The van der Waals surface area contributed by atoms with Crippen molar-refractivity contribution in [3.05, 3.63) is 50.8 Å². The Bertz CT molecular complexity index is 683. The number of hydrogen-bond donors (Lipinski definition) is 2. The lowest BCUT2D eigenvalue weighted by molar-refractivity contribution is -0.115. The fourth-order valence-corrected chi connectivity index (χ4v) is 2.50. The number of rotatable bonds is 4. The number of halogens is 2. The van der Waals surface area contributed by atoms with Crippen LogP contribution in [0.15, 0.2) is 43.9 Å². The van der Waals surface area contributed by atoms with E-state index in [1.807, 2.05) is 19.1 Å². The van der Waals surface area contributed by atoms with Gasteiger partial charge in [0.25, 0.3) is 5.91 Å². The van der Waals surface area contributed by atoms with Crippen molar-refractivity contribution >= 4 is 49.4 Å². The van der Waals surface area contributed by atoms with Gasteiger partial charge in [-0.25, -0.2) is 0 Å². The quantitative estimate of drug-likeness (QED) is 0.802. The smallest absolute Gasteiger partial charge is 0.287 e. The minimum Gasteiger partial charge on any atom is -0.444 e. The van der Waals surface area contributed by atoms with Crippen LogP contribution in [0.4, 0.5) is 5.69 Å². The van der Waals surface area contributed by atoms with Gasteiger partial charge in [0.2, 0.25) is 5.91 Å². The van der Waals surface area contributed by atoms with Gasteiger partial charge >= 0.3 is 0 Å². The summed E-state index contributed by atoms with van der Waals surface area (Å²) < 4.78 is 6.34. The average molecular weight is 416 g/mol. The van der Waals surface area contributed by atoms with Crippen molar-refractivity contribution in [3.8, 4) is 0 Å². The molecule has 1 heterocycles. The van der Waals surface area contributed by atoms with E-state index < -0.39 is 5.91 Å². The largest absolute Gasteiger partial charge is 0.444 e. The van der Waals surface area contributed by atoms with Crippen LogP contribution in [-0.4, -0.2) is 18.4 Å². The molecule has 110 valence electrons. The molecule has 2 aromatic rings. The number of amides is 2. The van der Waals surface area contributed by atoms with Crippen LogP contribution in [0.1, 0.15) is 16.1 Å². The zero-order valence-corrected chi connectivity index (χ0v) is 14.2. The van der Waals surface area contributed by atoms with E-state index in [0.29, 0.717) is 10.4 Å². The molecule has 0 spiro atoms. The highest BCUT2D eigenvalue weighted by molar-refractivity contribution is 9.10. The van der Waals surface area contributed by atoms with Crippen molar-refractivity contribution in [1.82, 2.24) is 5.32 Å². The van der Waals surface area contributed by atoms with E-state index in [9.17, 15) is 9.59 Å². The molecule has 0 aliphatic heterocycles. The third kappa shape index (κ3) is 4.44. The van der Waals surface area contributed by atoms with E-state index in [1.54, 1.807) is 12.1 Å². The lowest BCUT2D eigenvalue weighted by atomic mass is 10.2. The summed E-state index contributed by atoms with van der Waals surface area (Å²) in [7, 11) is 0. The van der Waals surface area contributed by atoms with E-state index >= 15 is 0 Å². The van der Waals surface area contributed by atoms with Gasteiger partial charge in [-0.2, -0.15) is 0 Å². The first-order valence-corrected chi connectivity index (χ1v) is 7.64. The van der Waals surface area contributed by atoms with Crippen molar-refractivity contribution in [2.75, 3.05) is 11.9 Å². The molecular formula is C14H12Br2N2O3. The summed E-state index contributed by atoms with van der Waals surface area (Å²) in [5.74, 6) is -0.622. The molecule has 0 atom stereocenters. The first kappa shape index (κ1) is 15.8. The standard InChI is InChI=1S/C14H12Br2N2O3/c1-8-2-3-10(9(15)6-8)18-13(19)7-17-14(20)11-4-5-12(16)21-11/h2-6H,7H2,1H3,(H,17,20)(H,18,19). The van der Waals surface area contributed by atoms with Crippen molar-refractivity contribution in [2.24, 2.45) is 0 Å². The summed E-state index contributed by atoms with van der Waals surface area (Å²) >= 11 is 6.48. The third-order valence-corrected chi connectivity index (χ3v) is 3.69. The predicted octanol–water partition coefficient (Wildman–Crippen LogP) is 3.48. The minimum absolute atomic E-state index is 0.141. The number of anilines is 1. The van der Waals surface area contributed by atoms with Gasteiger partial charge in [-0.15, -0.1) is 0 Å². The molecule has 0 saturated heterocycles. The molecule has 2 rings (SSSR count). The van der Waals surface area contributed by atoms with Crippen LogP contribution in [0.5, 0.6) is 0 Å². The average Bonchev–Trinajstić information content (AvgIpc) is 2.86. The normalized spacial score (nSPS) is 10.2. The first-order valence-electron chi connectivity index (χ1n) is 6.05. The molecule has 0 aliphatic rings. The highest BCUT2D eigenvalue weighted by Crippen LogP contribution is 2.23. The highest BCUT2D eigenvalue weighted by atomic mass is 79.9. The Balaban J connectivity index is 1.89. The summed E-state index contributed by atoms with van der Waals surface area (Å²) in [6.45, 7) is 1.82. The van der Waals surface area contributed by atoms with Crippen LogP contribution in [-0.2, 0) is 4.79 Å². The molecule has 0 aliphatic carbocycles. The molecule has 21 heavy (non-hydrogen) atoms. The zero-order valence-electron chi connectivity index (χ0n) is 11.1. The number of carbonyl (C=O) groups is 2. The van der Waals surface area contributed by atoms with Gasteiger partial charge in [0.1, 0.15) is 0 Å². The Morgan fingerprint density at radius 2 is 1.95 bits per heavy atom. The number of nitrogens with one attached hydrogen (secondary N) is 2. The number of furan rings is 1. The van der Waals surface area contributed by atoms with E-state index in [0.717, 1.165) is 10.0 Å². The number of benzene rings is 1. The Kier molecular flexibility index (Phi) is 5.19. The fourth-order valence-electron chi connectivity index (χ4n) is 1.60. The van der Waals surface area contributed by atoms with Crippen LogP contribution in [0.2, 0.25) is 0 Å². The highest BCUT2D eigenvalue weighted by Gasteiger charge is 2.12. The van der Waals surface area contributed by atoms with Crippen molar-refractivity contribution < 1.29 is 14.0 Å². The second-order valence-corrected chi connectivity index (χ2v) is 5.95. The Labute approximate surface area is 138 Å².